The van der Waals surface area contributed by atoms with Crippen LogP contribution < -0.4 is 0 Å². The summed E-state index contributed by atoms with van der Waals surface area (Å²) < 4.78 is 0.761. The summed E-state index contributed by atoms with van der Waals surface area (Å²) in [5, 5.41) is 11.1. The maximum Gasteiger partial charge on any atom is 0.273 e. The predicted molar refractivity (Wildman–Crippen MR) is 79.2 cm³/mol. The minimum Gasteiger partial charge on any atom is -0.258 e. The third-order valence-corrected chi connectivity index (χ3v) is 5.24. The molecule has 0 bridgehead atoms. The van der Waals surface area contributed by atoms with Crippen molar-refractivity contribution in [3.63, 3.8) is 0 Å². The smallest absolute Gasteiger partial charge is 0.258 e. The van der Waals surface area contributed by atoms with Crippen LogP contribution in [0.15, 0.2) is 22.7 Å². The Morgan fingerprint density at radius 1 is 1.33 bits per heavy atom. The minimum atomic E-state index is -0.286. The van der Waals surface area contributed by atoms with Gasteiger partial charge in [0.25, 0.3) is 5.69 Å². The summed E-state index contributed by atoms with van der Waals surface area (Å²) >= 11 is 7.00. The molecular formula is C13H15Br2NO2. The van der Waals surface area contributed by atoms with Gasteiger partial charge >= 0.3 is 0 Å². The summed E-state index contributed by atoms with van der Waals surface area (Å²) in [4.78, 5) is 11.3. The van der Waals surface area contributed by atoms with Crippen molar-refractivity contribution in [2.24, 2.45) is 5.92 Å². The van der Waals surface area contributed by atoms with Gasteiger partial charge in [0.2, 0.25) is 0 Å². The largest absolute Gasteiger partial charge is 0.273 e. The van der Waals surface area contributed by atoms with Crippen LogP contribution in [0.2, 0.25) is 0 Å². The lowest BCUT2D eigenvalue weighted by Crippen LogP contribution is -2.21. The van der Waals surface area contributed by atoms with E-state index in [9.17, 15) is 10.1 Å². The average molecular weight is 377 g/mol. The van der Waals surface area contributed by atoms with Crippen molar-refractivity contribution in [3.8, 4) is 0 Å². The summed E-state index contributed by atoms with van der Waals surface area (Å²) in [6.07, 6.45) is 5.61. The van der Waals surface area contributed by atoms with Crippen LogP contribution in [-0.4, -0.2) is 9.75 Å². The number of nitro benzene ring substituents is 1. The van der Waals surface area contributed by atoms with Gasteiger partial charge in [0.15, 0.2) is 0 Å². The van der Waals surface area contributed by atoms with E-state index in [2.05, 4.69) is 31.9 Å². The van der Waals surface area contributed by atoms with Gasteiger partial charge in [-0.15, -0.1) is 0 Å². The number of benzene rings is 1. The molecule has 0 aromatic heterocycles. The van der Waals surface area contributed by atoms with Crippen LogP contribution in [0.4, 0.5) is 5.69 Å². The van der Waals surface area contributed by atoms with Crippen molar-refractivity contribution < 1.29 is 4.92 Å². The van der Waals surface area contributed by atoms with E-state index in [1.165, 1.54) is 19.3 Å². The molecule has 18 heavy (non-hydrogen) atoms. The molecule has 98 valence electrons. The molecule has 2 rings (SSSR count). The second-order valence-corrected chi connectivity index (χ2v) is 6.89. The second-order valence-electron chi connectivity index (χ2n) is 4.79. The normalized spacial score (nSPS) is 23.9. The number of halogens is 2. The van der Waals surface area contributed by atoms with Gasteiger partial charge in [-0.1, -0.05) is 50.8 Å². The van der Waals surface area contributed by atoms with Gasteiger partial charge in [0.1, 0.15) is 0 Å². The van der Waals surface area contributed by atoms with Gasteiger partial charge in [0.05, 0.1) is 4.92 Å². The van der Waals surface area contributed by atoms with Gasteiger partial charge in [-0.25, -0.2) is 0 Å². The zero-order valence-corrected chi connectivity index (χ0v) is 13.1. The molecule has 0 spiro atoms. The number of hydrogen-bond acceptors (Lipinski definition) is 2. The molecule has 1 aromatic rings. The summed E-state index contributed by atoms with van der Waals surface area (Å²) in [5.74, 6) is 0.513. The van der Waals surface area contributed by atoms with Crippen molar-refractivity contribution in [2.45, 2.75) is 36.9 Å². The SMILES string of the molecule is O=[N+]([O-])c1cc(Br)ccc1CC1CCCCC1Br. The molecule has 0 aliphatic heterocycles. The lowest BCUT2D eigenvalue weighted by Gasteiger charge is -2.27. The van der Waals surface area contributed by atoms with E-state index >= 15 is 0 Å². The molecule has 0 saturated heterocycles. The van der Waals surface area contributed by atoms with Crippen LogP contribution in [0.25, 0.3) is 0 Å². The van der Waals surface area contributed by atoms with Crippen molar-refractivity contribution in [2.75, 3.05) is 0 Å². The molecule has 0 radical (unpaired) electrons. The maximum absolute atomic E-state index is 11.1. The van der Waals surface area contributed by atoms with Crippen LogP contribution >= 0.6 is 31.9 Å². The quantitative estimate of drug-likeness (QED) is 0.429. The third-order valence-electron chi connectivity index (χ3n) is 3.54. The van der Waals surface area contributed by atoms with Crippen LogP contribution in [-0.2, 0) is 6.42 Å². The lowest BCUT2D eigenvalue weighted by atomic mass is 9.84. The van der Waals surface area contributed by atoms with Gasteiger partial charge in [-0.05, 0) is 31.2 Å². The molecule has 1 saturated carbocycles. The Bertz CT molecular complexity index is 451. The number of nitro groups is 1. The number of hydrogen-bond donors (Lipinski definition) is 0. The zero-order valence-electron chi connectivity index (χ0n) is 9.94. The molecule has 2 unspecified atom stereocenters. The fourth-order valence-corrected chi connectivity index (χ4v) is 3.68. The fraction of sp³-hybridized carbons (Fsp3) is 0.538. The van der Waals surface area contributed by atoms with E-state index < -0.39 is 0 Å². The monoisotopic (exact) mass is 375 g/mol. The Morgan fingerprint density at radius 3 is 2.72 bits per heavy atom. The first-order chi connectivity index (χ1) is 8.58. The highest BCUT2D eigenvalue weighted by molar-refractivity contribution is 9.10. The molecular weight excluding hydrogens is 362 g/mol. The highest BCUT2D eigenvalue weighted by atomic mass is 79.9. The number of nitrogens with zero attached hydrogens (tertiary/aromatic N) is 1. The summed E-state index contributed by atoms with van der Waals surface area (Å²) in [6.45, 7) is 0. The van der Waals surface area contributed by atoms with Gasteiger partial charge in [0, 0.05) is 20.9 Å². The maximum atomic E-state index is 11.1. The van der Waals surface area contributed by atoms with Crippen molar-refractivity contribution >= 4 is 37.5 Å². The van der Waals surface area contributed by atoms with E-state index in [0.717, 1.165) is 22.9 Å². The molecule has 1 aliphatic rings. The first-order valence-electron chi connectivity index (χ1n) is 6.15. The molecule has 1 aliphatic carbocycles. The molecule has 5 heteroatoms. The van der Waals surface area contributed by atoms with Gasteiger partial charge in [-0.3, -0.25) is 10.1 Å². The van der Waals surface area contributed by atoms with Gasteiger partial charge in [-0.2, -0.15) is 0 Å². The Balaban J connectivity index is 2.20. The fourth-order valence-electron chi connectivity index (χ4n) is 2.55. The van der Waals surface area contributed by atoms with Crippen LogP contribution in [0.3, 0.4) is 0 Å². The van der Waals surface area contributed by atoms with E-state index in [-0.39, 0.29) is 10.6 Å². The van der Waals surface area contributed by atoms with Crippen molar-refractivity contribution in [3.05, 3.63) is 38.3 Å². The van der Waals surface area contributed by atoms with Gasteiger partial charge < -0.3 is 0 Å². The zero-order chi connectivity index (χ0) is 13.1. The standard InChI is InChI=1S/C13H15Br2NO2/c14-11-6-5-10(13(8-11)16(17)18)7-9-3-1-2-4-12(9)15/h5-6,8-9,12H,1-4,7H2. The Labute approximate surface area is 123 Å². The predicted octanol–water partition coefficient (Wildman–Crippen LogP) is 4.85. The van der Waals surface area contributed by atoms with E-state index in [1.54, 1.807) is 6.07 Å². The van der Waals surface area contributed by atoms with Crippen molar-refractivity contribution in [1.82, 2.24) is 0 Å². The molecule has 0 heterocycles. The highest BCUT2D eigenvalue weighted by Crippen LogP contribution is 2.35. The lowest BCUT2D eigenvalue weighted by molar-refractivity contribution is -0.385. The highest BCUT2D eigenvalue weighted by Gasteiger charge is 2.25. The molecule has 0 amide bonds. The average Bonchev–Trinajstić information content (AvgIpc) is 2.34. The first-order valence-corrected chi connectivity index (χ1v) is 7.85. The first kappa shape index (κ1) is 14.0. The van der Waals surface area contributed by atoms with Crippen LogP contribution in [0.5, 0.6) is 0 Å². The van der Waals surface area contributed by atoms with Crippen LogP contribution in [0, 0.1) is 16.0 Å². The third kappa shape index (κ3) is 3.32. The topological polar surface area (TPSA) is 43.1 Å². The molecule has 1 aromatic carbocycles. The number of rotatable bonds is 3. The van der Waals surface area contributed by atoms with E-state index in [0.29, 0.717) is 10.7 Å². The molecule has 0 N–H and O–H groups in total. The summed E-state index contributed by atoms with van der Waals surface area (Å²) in [5.41, 5.74) is 1.08. The second kappa shape index (κ2) is 6.15. The Morgan fingerprint density at radius 2 is 2.06 bits per heavy atom. The van der Waals surface area contributed by atoms with E-state index in [4.69, 9.17) is 0 Å². The summed E-state index contributed by atoms with van der Waals surface area (Å²) in [6, 6.07) is 5.35. The molecule has 1 fully saturated rings. The Kier molecular flexibility index (Phi) is 4.78. The summed E-state index contributed by atoms with van der Waals surface area (Å²) in [7, 11) is 0. The van der Waals surface area contributed by atoms with Crippen molar-refractivity contribution in [1.29, 1.82) is 0 Å². The van der Waals surface area contributed by atoms with Crippen LogP contribution in [0.1, 0.15) is 31.2 Å². The molecule has 3 nitrogen and oxygen atoms in total. The number of alkyl halides is 1. The van der Waals surface area contributed by atoms with E-state index in [1.807, 2.05) is 12.1 Å². The Hall–Kier alpha value is -0.420. The molecule has 2 atom stereocenters. The minimum absolute atomic E-state index is 0.231.